The molecule has 0 saturated heterocycles. The van der Waals surface area contributed by atoms with Crippen LogP contribution in [0.25, 0.3) is 21.5 Å². The van der Waals surface area contributed by atoms with E-state index in [1.165, 1.54) is 46.2 Å². The van der Waals surface area contributed by atoms with Crippen LogP contribution in [0.5, 0.6) is 11.5 Å². The summed E-state index contributed by atoms with van der Waals surface area (Å²) in [5, 5.41) is 130. The van der Waals surface area contributed by atoms with E-state index in [0.29, 0.717) is 44.8 Å². The second-order valence-electron chi connectivity index (χ2n) is 20.9. The molecule has 9 rings (SSSR count). The Balaban J connectivity index is 1.06. The molecule has 0 fully saturated rings. The molecule has 0 radical (unpaired) electrons. The third-order valence-corrected chi connectivity index (χ3v) is 15.7. The van der Waals surface area contributed by atoms with Crippen LogP contribution in [0.4, 0.5) is 81.2 Å². The second kappa shape index (κ2) is 31.5. The largest absolute Gasteiger partial charge is 0.505 e. The van der Waals surface area contributed by atoms with Gasteiger partial charge in [0.05, 0.1) is 59.0 Å². The number of nitrogens with zero attached hydrogens (tertiary/aromatic N) is 12. The van der Waals surface area contributed by atoms with Crippen molar-refractivity contribution in [1.29, 1.82) is 0 Å². The molecule has 96 heavy (non-hydrogen) atoms. The molecule has 2 aromatic heterocycles. The predicted molar refractivity (Wildman–Crippen MR) is 343 cm³/mol. The number of phenols is 2. The van der Waals surface area contributed by atoms with Gasteiger partial charge in [-0.3, -0.25) is 30.1 Å². The Morgan fingerprint density at radius 2 is 0.740 bits per heavy atom. The van der Waals surface area contributed by atoms with Crippen molar-refractivity contribution in [3.05, 3.63) is 130 Å². The van der Waals surface area contributed by atoms with Gasteiger partial charge < -0.3 is 61.7 Å². The molecule has 16 N–H and O–H groups in total. The Hall–Kier alpha value is -9.98. The van der Waals surface area contributed by atoms with Crippen LogP contribution in [-0.4, -0.2) is 160 Å². The summed E-state index contributed by atoms with van der Waals surface area (Å²) in [6, 6.07) is 22.6. The van der Waals surface area contributed by atoms with Crippen LogP contribution in [0.2, 0.25) is 0 Å². The maximum atomic E-state index is 12.8. The fraction of sp³-hybridized carbons (Fsp3) is 0.241. The van der Waals surface area contributed by atoms with Gasteiger partial charge in [0.25, 0.3) is 20.2 Å². The molecular formula is C58H62N16O20S2. The van der Waals surface area contributed by atoms with Crippen LogP contribution in [0, 0.1) is 13.8 Å². The topological polar surface area (TPSA) is 529 Å². The number of fused-ring (bicyclic) bond motifs is 2. The van der Waals surface area contributed by atoms with Gasteiger partial charge in [0.2, 0.25) is 35.7 Å². The molecule has 7 aromatic carbocycles. The van der Waals surface area contributed by atoms with E-state index >= 15 is 0 Å². The minimum Gasteiger partial charge on any atom is -0.505 e. The highest BCUT2D eigenvalue weighted by atomic mass is 32.2. The number of anilines is 10. The average Bonchev–Trinajstić information content (AvgIpc) is 0.765. The number of phenolic OH excluding ortho intramolecular Hbond substituents is 2. The van der Waals surface area contributed by atoms with Crippen molar-refractivity contribution in [3.8, 4) is 11.5 Å². The van der Waals surface area contributed by atoms with Gasteiger partial charge in [0, 0.05) is 48.3 Å². The Bertz CT molecular complexity index is 4250. The van der Waals surface area contributed by atoms with Crippen molar-refractivity contribution in [2.24, 2.45) is 20.5 Å². The first-order valence-corrected chi connectivity index (χ1v) is 31.3. The summed E-state index contributed by atoms with van der Waals surface area (Å²) in [5.74, 6) is -2.17. The Labute approximate surface area is 544 Å². The molecule has 0 amide bonds. The van der Waals surface area contributed by atoms with Gasteiger partial charge in [0.1, 0.15) is 37.8 Å². The van der Waals surface area contributed by atoms with Crippen molar-refractivity contribution >= 4 is 123 Å². The van der Waals surface area contributed by atoms with E-state index in [-0.39, 0.29) is 144 Å². The first-order valence-electron chi connectivity index (χ1n) is 28.4. The lowest BCUT2D eigenvalue weighted by atomic mass is 10.0. The Morgan fingerprint density at radius 1 is 0.427 bits per heavy atom. The highest BCUT2D eigenvalue weighted by molar-refractivity contribution is 7.86. The van der Waals surface area contributed by atoms with Crippen molar-refractivity contribution in [2.45, 2.75) is 50.1 Å². The van der Waals surface area contributed by atoms with Gasteiger partial charge in [-0.1, -0.05) is 12.1 Å². The SMILES string of the molecule is Cc1cc2cc(S(=O)(=O)O)cc(Nc3nc(Nc4ccc(Nc5nc(Nc6cc(S(=O)(=O)O)cc7cc(C)c(N=Nc8cc(COO)cc(COO)c8)c(O)c67)nc(N(CCO)CCO)n5)cc4)nc(N(CCO)CCO)n3)c2c(O)c1N=Nc1cc(COO)cc(COO)c1. The summed E-state index contributed by atoms with van der Waals surface area (Å²) in [5.41, 5.74) is 2.79. The lowest BCUT2D eigenvalue weighted by Crippen LogP contribution is -2.31. The number of nitrogens with one attached hydrogen (secondary N) is 4. The molecule has 38 heteroatoms. The van der Waals surface area contributed by atoms with Crippen molar-refractivity contribution in [1.82, 2.24) is 29.9 Å². The number of hydrogen-bond donors (Lipinski definition) is 16. The molecule has 36 nitrogen and oxygen atoms in total. The average molecular weight is 1370 g/mol. The quantitative estimate of drug-likeness (QED) is 0.00816. The number of aliphatic hydroxyl groups is 4. The maximum absolute atomic E-state index is 12.8. The van der Waals surface area contributed by atoms with Crippen LogP contribution in [0.15, 0.2) is 127 Å². The zero-order chi connectivity index (χ0) is 68.8. The van der Waals surface area contributed by atoms with E-state index < -0.39 is 68.0 Å². The minimum absolute atomic E-state index is 0.0474. The number of azo groups is 2. The minimum atomic E-state index is -4.92. The molecule has 0 unspecified atom stereocenters. The summed E-state index contributed by atoms with van der Waals surface area (Å²) in [6.45, 7) is 0.0461. The van der Waals surface area contributed by atoms with Gasteiger partial charge in [-0.2, -0.15) is 57.0 Å². The maximum Gasteiger partial charge on any atom is 0.294 e. The van der Waals surface area contributed by atoms with Crippen LogP contribution in [-0.2, 0) is 66.2 Å². The number of aromatic nitrogens is 6. The van der Waals surface area contributed by atoms with E-state index in [2.05, 4.69) is 91.2 Å². The van der Waals surface area contributed by atoms with Crippen molar-refractivity contribution in [3.63, 3.8) is 0 Å². The first-order chi connectivity index (χ1) is 46.0. The number of aliphatic hydroxyl groups excluding tert-OH is 4. The lowest BCUT2D eigenvalue weighted by Gasteiger charge is -2.22. The summed E-state index contributed by atoms with van der Waals surface area (Å²) < 4.78 is 71.6. The number of aromatic hydroxyl groups is 2. The molecule has 0 bridgehead atoms. The number of aryl methyl sites for hydroxylation is 2. The smallest absolute Gasteiger partial charge is 0.294 e. The number of rotatable bonds is 32. The molecule has 2 heterocycles. The zero-order valence-electron chi connectivity index (χ0n) is 50.5. The van der Waals surface area contributed by atoms with E-state index in [1.807, 2.05) is 0 Å². The van der Waals surface area contributed by atoms with Gasteiger partial charge in [-0.15, -0.1) is 10.2 Å². The van der Waals surface area contributed by atoms with Crippen molar-refractivity contribution < 1.29 is 97.2 Å². The molecule has 0 saturated carbocycles. The van der Waals surface area contributed by atoms with Gasteiger partial charge in [-0.05, 0) is 143 Å². The lowest BCUT2D eigenvalue weighted by molar-refractivity contribution is -0.254. The van der Waals surface area contributed by atoms with Crippen LogP contribution < -0.4 is 31.1 Å². The van der Waals surface area contributed by atoms with Gasteiger partial charge in [0.15, 0.2) is 11.5 Å². The Kier molecular flexibility index (Phi) is 23.1. The standard InChI is InChI=1S/C58H62N16O20S2/c1-31-15-37-23-43(95(85,86)87)25-45(47(37)51(79)49(31)71-69-41-19-33(27-91-81)17-34(20-41)28-92-82)61-55-63-53(65-57(67-55)73(7-11-75)8-12-76)59-39-3-5-40(6-4-39)60-54-64-56(68-58(66-54)74(9-13-77)10-14-78)62-46-26-44(96(88,89)90)24-38-16-32(2)50(52(80)48(38)46)72-70-42-21-35(29-93-83)18-36(22-42)30-94-84/h3-6,15-26,75-84H,7-14,27-30H2,1-2H3,(H,85,86,87)(H,88,89,90)(H2,59,61,63,65,67)(H2,60,62,64,66,68). The first kappa shape index (κ1) is 70.3. The van der Waals surface area contributed by atoms with Gasteiger partial charge in [-0.25, -0.2) is 19.6 Å². The zero-order valence-corrected chi connectivity index (χ0v) is 52.2. The van der Waals surface area contributed by atoms with E-state index in [0.717, 1.165) is 24.3 Å². The Morgan fingerprint density at radius 3 is 1.03 bits per heavy atom. The fourth-order valence-corrected chi connectivity index (χ4v) is 11.0. The molecule has 0 atom stereocenters. The molecule has 0 spiro atoms. The highest BCUT2D eigenvalue weighted by Crippen LogP contribution is 2.46. The summed E-state index contributed by atoms with van der Waals surface area (Å²) in [4.78, 5) is 45.8. The second-order valence-corrected chi connectivity index (χ2v) is 23.7. The molecule has 9 aromatic rings. The van der Waals surface area contributed by atoms with Crippen LogP contribution in [0.3, 0.4) is 0 Å². The summed E-state index contributed by atoms with van der Waals surface area (Å²) in [7, 11) is -9.83. The predicted octanol–water partition coefficient (Wildman–Crippen LogP) is 8.23. The van der Waals surface area contributed by atoms with Crippen LogP contribution in [0.1, 0.15) is 33.4 Å². The summed E-state index contributed by atoms with van der Waals surface area (Å²) in [6.07, 6.45) is 0. The molecule has 0 aliphatic rings. The highest BCUT2D eigenvalue weighted by Gasteiger charge is 2.25. The third kappa shape index (κ3) is 17.5. The van der Waals surface area contributed by atoms with E-state index in [4.69, 9.17) is 21.0 Å². The van der Waals surface area contributed by atoms with E-state index in [9.17, 15) is 56.6 Å². The molecule has 0 aliphatic heterocycles. The monoisotopic (exact) mass is 1370 g/mol. The number of hydrogen-bond acceptors (Lipinski definition) is 34. The molecular weight excluding hydrogens is 1300 g/mol. The molecule has 506 valence electrons. The molecule has 0 aliphatic carbocycles. The van der Waals surface area contributed by atoms with E-state index in [1.54, 1.807) is 50.2 Å². The summed E-state index contributed by atoms with van der Waals surface area (Å²) >= 11 is 0. The van der Waals surface area contributed by atoms with Gasteiger partial charge >= 0.3 is 0 Å². The van der Waals surface area contributed by atoms with Crippen molar-refractivity contribution in [2.75, 3.05) is 83.7 Å². The van der Waals surface area contributed by atoms with Crippen LogP contribution >= 0.6 is 0 Å². The number of benzene rings is 7. The fourth-order valence-electron chi connectivity index (χ4n) is 9.92. The normalized spacial score (nSPS) is 12.0. The third-order valence-electron chi connectivity index (χ3n) is 14.0.